The highest BCUT2D eigenvalue weighted by molar-refractivity contribution is 5.67. The average molecular weight is 415 g/mol. The van der Waals surface area contributed by atoms with Crippen molar-refractivity contribution in [1.82, 2.24) is 10.2 Å². The van der Waals surface area contributed by atoms with Gasteiger partial charge in [0.2, 0.25) is 0 Å². The average Bonchev–Trinajstić information content (AvgIpc) is 2.69. The summed E-state index contributed by atoms with van der Waals surface area (Å²) in [5.74, 6) is -0.0917. The number of carbonyl (C=O) groups excluding carboxylic acids is 1. The Morgan fingerprint density at radius 3 is 2.45 bits per heavy atom. The molecule has 7 heteroatoms. The first kappa shape index (κ1) is 23.5. The number of rotatable bonds is 3. The zero-order chi connectivity index (χ0) is 21.7. The number of nitrogens with one attached hydrogen (secondary N) is 1. The standard InChI is InChI=1S/C22H33F3N2O2/c1-21(2,3)29-20(28)26-15-16-10-11-18(19(14-16)22(23,24)25)17-8-5-6-12-27(4)13-7-9-17/h10-11,14,17H,5-9,12-13,15H2,1-4H3,(H,26,28). The van der Waals surface area contributed by atoms with E-state index in [9.17, 15) is 18.0 Å². The molecule has 1 aromatic rings. The van der Waals surface area contributed by atoms with Gasteiger partial charge in [-0.1, -0.05) is 18.6 Å². The van der Waals surface area contributed by atoms with E-state index < -0.39 is 23.4 Å². The molecule has 29 heavy (non-hydrogen) atoms. The number of nitrogens with zero attached hydrogens (tertiary/aromatic N) is 1. The van der Waals surface area contributed by atoms with Crippen molar-refractivity contribution in [2.24, 2.45) is 0 Å². The molecule has 1 N–H and O–H groups in total. The number of hydrogen-bond donors (Lipinski definition) is 1. The molecule has 164 valence electrons. The number of carbonyl (C=O) groups is 1. The molecule has 1 saturated heterocycles. The third-order valence-corrected chi connectivity index (χ3v) is 5.13. The van der Waals surface area contributed by atoms with Crippen molar-refractivity contribution in [1.29, 1.82) is 0 Å². The summed E-state index contributed by atoms with van der Waals surface area (Å²) in [6.45, 7) is 7.10. The van der Waals surface area contributed by atoms with Gasteiger partial charge >= 0.3 is 12.3 Å². The highest BCUT2D eigenvalue weighted by Crippen LogP contribution is 2.39. The first-order valence-electron chi connectivity index (χ1n) is 10.3. The lowest BCUT2D eigenvalue weighted by Gasteiger charge is -2.23. The van der Waals surface area contributed by atoms with Gasteiger partial charge in [-0.05, 0) is 89.7 Å². The lowest BCUT2D eigenvalue weighted by atomic mass is 9.85. The second-order valence-electron chi connectivity index (χ2n) is 8.91. The largest absolute Gasteiger partial charge is 0.444 e. The molecule has 1 amide bonds. The zero-order valence-corrected chi connectivity index (χ0v) is 17.9. The summed E-state index contributed by atoms with van der Waals surface area (Å²) < 4.78 is 46.6. The maximum Gasteiger partial charge on any atom is 0.416 e. The molecule has 0 saturated carbocycles. The van der Waals surface area contributed by atoms with Crippen LogP contribution in [-0.2, 0) is 17.5 Å². The third kappa shape index (κ3) is 7.88. The van der Waals surface area contributed by atoms with Crippen LogP contribution in [0.3, 0.4) is 0 Å². The molecular weight excluding hydrogens is 381 g/mol. The van der Waals surface area contributed by atoms with Crippen LogP contribution in [0.15, 0.2) is 18.2 Å². The van der Waals surface area contributed by atoms with Crippen molar-refractivity contribution in [3.8, 4) is 0 Å². The maximum atomic E-state index is 13.8. The maximum absolute atomic E-state index is 13.8. The van der Waals surface area contributed by atoms with E-state index >= 15 is 0 Å². The molecule has 0 aromatic heterocycles. The van der Waals surface area contributed by atoms with E-state index in [0.29, 0.717) is 11.1 Å². The SMILES string of the molecule is CN1CCCCC(c2ccc(CNC(=O)OC(C)(C)C)cc2C(F)(F)F)CCC1. The molecule has 2 rings (SSSR count). The zero-order valence-electron chi connectivity index (χ0n) is 17.9. The first-order chi connectivity index (χ1) is 13.5. The summed E-state index contributed by atoms with van der Waals surface area (Å²) in [5, 5.41) is 2.53. The highest BCUT2D eigenvalue weighted by atomic mass is 19.4. The third-order valence-electron chi connectivity index (χ3n) is 5.13. The number of benzene rings is 1. The number of alkyl carbamates (subject to hydrolysis) is 1. The van der Waals surface area contributed by atoms with Crippen molar-refractivity contribution in [3.63, 3.8) is 0 Å². The van der Waals surface area contributed by atoms with Crippen LogP contribution in [0.2, 0.25) is 0 Å². The Morgan fingerprint density at radius 1 is 1.14 bits per heavy atom. The van der Waals surface area contributed by atoms with Crippen LogP contribution in [0.25, 0.3) is 0 Å². The van der Waals surface area contributed by atoms with Crippen molar-refractivity contribution < 1.29 is 22.7 Å². The van der Waals surface area contributed by atoms with Crippen molar-refractivity contribution in [3.05, 3.63) is 34.9 Å². The second kappa shape index (κ2) is 9.83. The van der Waals surface area contributed by atoms with Gasteiger partial charge in [-0.2, -0.15) is 13.2 Å². The van der Waals surface area contributed by atoms with Crippen LogP contribution in [0, 0.1) is 0 Å². The van der Waals surface area contributed by atoms with Crippen molar-refractivity contribution in [2.45, 2.75) is 77.1 Å². The van der Waals surface area contributed by atoms with Gasteiger partial charge < -0.3 is 15.0 Å². The predicted molar refractivity (Wildman–Crippen MR) is 108 cm³/mol. The molecular formula is C22H33F3N2O2. The van der Waals surface area contributed by atoms with E-state index in [2.05, 4.69) is 17.3 Å². The van der Waals surface area contributed by atoms with Gasteiger partial charge in [0, 0.05) is 6.54 Å². The highest BCUT2D eigenvalue weighted by Gasteiger charge is 2.35. The fraction of sp³-hybridized carbons (Fsp3) is 0.682. The quantitative estimate of drug-likeness (QED) is 0.689. The molecule has 4 nitrogen and oxygen atoms in total. The van der Waals surface area contributed by atoms with E-state index in [-0.39, 0.29) is 12.5 Å². The minimum atomic E-state index is -4.42. The molecule has 0 spiro atoms. The molecule has 1 fully saturated rings. The molecule has 1 unspecified atom stereocenters. The number of ether oxygens (including phenoxy) is 1. The summed E-state index contributed by atoms with van der Waals surface area (Å²) in [4.78, 5) is 14.0. The Balaban J connectivity index is 2.17. The predicted octanol–water partition coefficient (Wildman–Crippen LogP) is 5.71. The topological polar surface area (TPSA) is 41.6 Å². The monoisotopic (exact) mass is 414 g/mol. The summed E-state index contributed by atoms with van der Waals surface area (Å²) in [6, 6.07) is 4.45. The summed E-state index contributed by atoms with van der Waals surface area (Å²) >= 11 is 0. The summed E-state index contributed by atoms with van der Waals surface area (Å²) in [6.07, 6.45) is -0.724. The van der Waals surface area contributed by atoms with Gasteiger partial charge in [-0.15, -0.1) is 0 Å². The summed E-state index contributed by atoms with van der Waals surface area (Å²) in [7, 11) is 2.06. The van der Waals surface area contributed by atoms with Gasteiger partial charge in [0.25, 0.3) is 0 Å². The Hall–Kier alpha value is -1.76. The minimum Gasteiger partial charge on any atom is -0.444 e. The first-order valence-corrected chi connectivity index (χ1v) is 10.3. The summed E-state index contributed by atoms with van der Waals surface area (Å²) in [5.41, 5.74) is -0.452. The van der Waals surface area contributed by atoms with Gasteiger partial charge in [0.15, 0.2) is 0 Å². The molecule has 1 heterocycles. The van der Waals surface area contributed by atoms with E-state index in [0.717, 1.165) is 45.2 Å². The van der Waals surface area contributed by atoms with Gasteiger partial charge in [0.05, 0.1) is 5.56 Å². The van der Waals surface area contributed by atoms with Gasteiger partial charge in [-0.25, -0.2) is 4.79 Å². The molecule has 1 aliphatic heterocycles. The number of amides is 1. The molecule has 1 aliphatic rings. The number of alkyl halides is 3. The Morgan fingerprint density at radius 2 is 1.79 bits per heavy atom. The number of halogens is 3. The molecule has 1 aromatic carbocycles. The van der Waals surface area contributed by atoms with E-state index in [4.69, 9.17) is 4.74 Å². The Bertz CT molecular complexity index is 684. The second-order valence-corrected chi connectivity index (χ2v) is 8.91. The van der Waals surface area contributed by atoms with Crippen LogP contribution in [0.1, 0.15) is 75.5 Å². The Kier molecular flexibility index (Phi) is 7.97. The van der Waals surface area contributed by atoms with Crippen LogP contribution < -0.4 is 5.32 Å². The molecule has 1 atom stereocenters. The molecule has 0 radical (unpaired) electrons. The van der Waals surface area contributed by atoms with E-state index in [1.165, 1.54) is 6.07 Å². The number of hydrogen-bond acceptors (Lipinski definition) is 3. The normalized spacial score (nSPS) is 19.8. The molecule has 0 aliphatic carbocycles. The van der Waals surface area contributed by atoms with E-state index in [1.54, 1.807) is 32.9 Å². The van der Waals surface area contributed by atoms with E-state index in [1.807, 2.05) is 0 Å². The van der Waals surface area contributed by atoms with Crippen molar-refractivity contribution in [2.75, 3.05) is 20.1 Å². The fourth-order valence-electron chi connectivity index (χ4n) is 3.75. The van der Waals surface area contributed by atoms with Crippen molar-refractivity contribution >= 4 is 6.09 Å². The van der Waals surface area contributed by atoms with Gasteiger partial charge in [0.1, 0.15) is 5.60 Å². The van der Waals surface area contributed by atoms with Gasteiger partial charge in [-0.3, -0.25) is 0 Å². The smallest absolute Gasteiger partial charge is 0.416 e. The van der Waals surface area contributed by atoms with Crippen LogP contribution in [-0.4, -0.2) is 36.7 Å². The van der Waals surface area contributed by atoms with Crippen LogP contribution in [0.4, 0.5) is 18.0 Å². The molecule has 0 bridgehead atoms. The van der Waals surface area contributed by atoms with Crippen LogP contribution >= 0.6 is 0 Å². The van der Waals surface area contributed by atoms with Crippen LogP contribution in [0.5, 0.6) is 0 Å². The lowest BCUT2D eigenvalue weighted by Crippen LogP contribution is -2.32. The lowest BCUT2D eigenvalue weighted by molar-refractivity contribution is -0.138. The Labute approximate surface area is 171 Å². The minimum absolute atomic E-state index is 0.00622. The fourth-order valence-corrected chi connectivity index (χ4v) is 3.75.